The van der Waals surface area contributed by atoms with Crippen LogP contribution in [-0.4, -0.2) is 4.98 Å². The van der Waals surface area contributed by atoms with Crippen LogP contribution in [0.2, 0.25) is 5.02 Å². The average Bonchev–Trinajstić information content (AvgIpc) is 2.58. The van der Waals surface area contributed by atoms with E-state index in [9.17, 15) is 0 Å². The zero-order valence-corrected chi connectivity index (χ0v) is 12.9. The minimum absolute atomic E-state index is 0.786. The molecule has 3 aromatic carbocycles. The van der Waals surface area contributed by atoms with Gasteiger partial charge in [-0.15, -0.1) is 0 Å². The molecule has 2 heteroatoms. The number of nitrogens with zero attached hydrogens (tertiary/aromatic N) is 1. The van der Waals surface area contributed by atoms with Crippen LogP contribution in [0.3, 0.4) is 0 Å². The summed E-state index contributed by atoms with van der Waals surface area (Å²) in [5, 5.41) is 4.21. The molecule has 0 atom stereocenters. The van der Waals surface area contributed by atoms with Crippen LogP contribution in [-0.2, 0) is 0 Å². The molecule has 0 bridgehead atoms. The van der Waals surface area contributed by atoms with E-state index in [2.05, 4.69) is 42.5 Å². The van der Waals surface area contributed by atoms with Gasteiger partial charge in [0.25, 0.3) is 0 Å². The van der Waals surface area contributed by atoms with Crippen LogP contribution in [0.15, 0.2) is 66.7 Å². The Hall–Kier alpha value is -2.38. The van der Waals surface area contributed by atoms with Crippen molar-refractivity contribution in [2.24, 2.45) is 0 Å². The molecule has 0 fully saturated rings. The van der Waals surface area contributed by atoms with Crippen molar-refractivity contribution in [3.8, 4) is 11.3 Å². The summed E-state index contributed by atoms with van der Waals surface area (Å²) in [5.74, 6) is 0. The van der Waals surface area contributed by atoms with Crippen LogP contribution in [0, 0.1) is 6.92 Å². The molecule has 0 saturated carbocycles. The van der Waals surface area contributed by atoms with E-state index < -0.39 is 0 Å². The first-order valence-electron chi connectivity index (χ1n) is 7.28. The maximum Gasteiger partial charge on any atom is 0.0759 e. The molecule has 22 heavy (non-hydrogen) atoms. The lowest BCUT2D eigenvalue weighted by Gasteiger charge is -2.12. The SMILES string of the molecule is Cc1c(-c2cccc3ccccc23)nc2ccccc2c1Cl. The van der Waals surface area contributed by atoms with Crippen LogP contribution < -0.4 is 0 Å². The van der Waals surface area contributed by atoms with Crippen LogP contribution in [0.1, 0.15) is 5.56 Å². The quantitative estimate of drug-likeness (QED) is 0.419. The number of aromatic nitrogens is 1. The lowest BCUT2D eigenvalue weighted by Crippen LogP contribution is -1.93. The van der Waals surface area contributed by atoms with Gasteiger partial charge in [0.05, 0.1) is 16.2 Å². The summed E-state index contributed by atoms with van der Waals surface area (Å²) < 4.78 is 0. The summed E-state index contributed by atoms with van der Waals surface area (Å²) in [4.78, 5) is 4.87. The molecule has 4 aromatic rings. The van der Waals surface area contributed by atoms with Crippen molar-refractivity contribution in [1.82, 2.24) is 4.98 Å². The molecule has 4 rings (SSSR count). The molecule has 0 spiro atoms. The van der Waals surface area contributed by atoms with Gasteiger partial charge in [0.15, 0.2) is 0 Å². The number of rotatable bonds is 1. The van der Waals surface area contributed by atoms with E-state index in [0.29, 0.717) is 0 Å². The number of hydrogen-bond donors (Lipinski definition) is 0. The van der Waals surface area contributed by atoms with Crippen molar-refractivity contribution < 1.29 is 0 Å². The average molecular weight is 304 g/mol. The third-order valence-corrected chi connectivity index (χ3v) is 4.59. The van der Waals surface area contributed by atoms with Gasteiger partial charge in [0.1, 0.15) is 0 Å². The predicted molar refractivity (Wildman–Crippen MR) is 94.4 cm³/mol. The van der Waals surface area contributed by atoms with Crippen molar-refractivity contribution in [3.05, 3.63) is 77.3 Å². The number of pyridine rings is 1. The standard InChI is InChI=1S/C20H14ClN/c1-13-19(21)17-10-4-5-12-18(17)22-20(13)16-11-6-8-14-7-2-3-9-15(14)16/h2-12H,1H3. The van der Waals surface area contributed by atoms with Gasteiger partial charge in [-0.1, -0.05) is 72.3 Å². The third-order valence-electron chi connectivity index (χ3n) is 4.10. The number of hydrogen-bond acceptors (Lipinski definition) is 1. The molecule has 1 heterocycles. The first kappa shape index (κ1) is 13.3. The highest BCUT2D eigenvalue weighted by Gasteiger charge is 2.13. The molecule has 0 aliphatic carbocycles. The zero-order chi connectivity index (χ0) is 15.1. The van der Waals surface area contributed by atoms with Gasteiger partial charge in [-0.2, -0.15) is 0 Å². The molecule has 1 nitrogen and oxygen atoms in total. The second-order valence-electron chi connectivity index (χ2n) is 5.44. The fourth-order valence-electron chi connectivity index (χ4n) is 2.96. The van der Waals surface area contributed by atoms with Crippen molar-refractivity contribution in [2.75, 3.05) is 0 Å². The minimum atomic E-state index is 0.786. The van der Waals surface area contributed by atoms with Gasteiger partial charge < -0.3 is 0 Å². The van der Waals surface area contributed by atoms with Crippen molar-refractivity contribution in [2.45, 2.75) is 6.92 Å². The monoisotopic (exact) mass is 303 g/mol. The Morgan fingerprint density at radius 3 is 2.32 bits per heavy atom. The summed E-state index contributed by atoms with van der Waals surface area (Å²) >= 11 is 6.59. The number of benzene rings is 3. The third kappa shape index (κ3) is 1.98. The van der Waals surface area contributed by atoms with E-state index in [4.69, 9.17) is 16.6 Å². The summed E-state index contributed by atoms with van der Waals surface area (Å²) in [6.07, 6.45) is 0. The van der Waals surface area contributed by atoms with Crippen molar-refractivity contribution in [1.29, 1.82) is 0 Å². The molecule has 0 aliphatic heterocycles. The van der Waals surface area contributed by atoms with E-state index in [0.717, 1.165) is 32.7 Å². The lowest BCUT2D eigenvalue weighted by atomic mass is 9.98. The fourth-order valence-corrected chi connectivity index (χ4v) is 3.21. The predicted octanol–water partition coefficient (Wildman–Crippen LogP) is 6.02. The van der Waals surface area contributed by atoms with Crippen molar-refractivity contribution >= 4 is 33.3 Å². The molecular formula is C20H14ClN. The highest BCUT2D eigenvalue weighted by molar-refractivity contribution is 6.36. The second-order valence-corrected chi connectivity index (χ2v) is 5.82. The fraction of sp³-hybridized carbons (Fsp3) is 0.0500. The maximum absolute atomic E-state index is 6.59. The van der Waals surface area contributed by atoms with Gasteiger partial charge in [-0.25, -0.2) is 4.98 Å². The van der Waals surface area contributed by atoms with E-state index in [1.54, 1.807) is 0 Å². The van der Waals surface area contributed by atoms with Gasteiger partial charge in [-0.05, 0) is 29.3 Å². The number of para-hydroxylation sites is 1. The molecule has 0 N–H and O–H groups in total. The second kappa shape index (κ2) is 5.11. The van der Waals surface area contributed by atoms with Crippen LogP contribution >= 0.6 is 11.6 Å². The topological polar surface area (TPSA) is 12.9 Å². The van der Waals surface area contributed by atoms with Crippen LogP contribution in [0.4, 0.5) is 0 Å². The molecule has 0 unspecified atom stereocenters. The van der Waals surface area contributed by atoms with E-state index in [1.807, 2.05) is 31.2 Å². The van der Waals surface area contributed by atoms with Crippen LogP contribution in [0.25, 0.3) is 32.9 Å². The van der Waals surface area contributed by atoms with Gasteiger partial charge in [0.2, 0.25) is 0 Å². The Balaban J connectivity index is 2.11. The smallest absolute Gasteiger partial charge is 0.0759 e. The Bertz CT molecular complexity index is 1000. The van der Waals surface area contributed by atoms with E-state index in [1.165, 1.54) is 10.8 Å². The molecule has 1 aromatic heterocycles. The molecule has 0 aliphatic rings. The molecule has 106 valence electrons. The van der Waals surface area contributed by atoms with Gasteiger partial charge >= 0.3 is 0 Å². The Morgan fingerprint density at radius 2 is 1.45 bits per heavy atom. The Morgan fingerprint density at radius 1 is 0.773 bits per heavy atom. The Labute approximate surface area is 134 Å². The first-order chi connectivity index (χ1) is 10.8. The zero-order valence-electron chi connectivity index (χ0n) is 12.2. The van der Waals surface area contributed by atoms with E-state index in [-0.39, 0.29) is 0 Å². The minimum Gasteiger partial charge on any atom is -0.247 e. The number of fused-ring (bicyclic) bond motifs is 2. The summed E-state index contributed by atoms with van der Waals surface area (Å²) in [6.45, 7) is 2.04. The molecular weight excluding hydrogens is 290 g/mol. The maximum atomic E-state index is 6.59. The Kier molecular flexibility index (Phi) is 3.09. The van der Waals surface area contributed by atoms with Gasteiger partial charge in [0, 0.05) is 10.9 Å². The highest BCUT2D eigenvalue weighted by atomic mass is 35.5. The number of halogens is 1. The molecule has 0 saturated heterocycles. The van der Waals surface area contributed by atoms with Gasteiger partial charge in [-0.3, -0.25) is 0 Å². The largest absolute Gasteiger partial charge is 0.247 e. The van der Waals surface area contributed by atoms with Crippen LogP contribution in [0.5, 0.6) is 0 Å². The summed E-state index contributed by atoms with van der Waals surface area (Å²) in [6, 6.07) is 22.7. The van der Waals surface area contributed by atoms with Crippen molar-refractivity contribution in [3.63, 3.8) is 0 Å². The highest BCUT2D eigenvalue weighted by Crippen LogP contribution is 2.35. The van der Waals surface area contributed by atoms with E-state index >= 15 is 0 Å². The first-order valence-corrected chi connectivity index (χ1v) is 7.66. The molecule has 0 radical (unpaired) electrons. The normalized spacial score (nSPS) is 11.2. The summed E-state index contributed by atoms with van der Waals surface area (Å²) in [7, 11) is 0. The molecule has 0 amide bonds. The lowest BCUT2D eigenvalue weighted by molar-refractivity contribution is 1.34. The summed E-state index contributed by atoms with van der Waals surface area (Å²) in [5.41, 5.74) is 4.04.